The van der Waals surface area contributed by atoms with Crippen LogP contribution in [0.1, 0.15) is 33.4 Å². The molecule has 2 N–H and O–H groups in total. The van der Waals surface area contributed by atoms with Gasteiger partial charge in [0.2, 0.25) is 9.84 Å². The number of anilines is 2. The highest BCUT2D eigenvalue weighted by Gasteiger charge is 2.36. The van der Waals surface area contributed by atoms with Crippen molar-refractivity contribution in [1.82, 2.24) is 0 Å². The lowest BCUT2D eigenvalue weighted by molar-refractivity contribution is 0.599. The summed E-state index contributed by atoms with van der Waals surface area (Å²) in [7, 11) is -3.82. The minimum absolute atomic E-state index is 0.370. The molecule has 3 aliphatic heterocycles. The summed E-state index contributed by atoms with van der Waals surface area (Å²) >= 11 is 0. The zero-order valence-electron chi connectivity index (χ0n) is 30.9. The molecule has 0 atom stereocenters. The second kappa shape index (κ2) is 11.2. The van der Waals surface area contributed by atoms with Crippen LogP contribution in [0, 0.1) is 0 Å². The van der Waals surface area contributed by atoms with E-state index in [1.807, 2.05) is 24.3 Å². The predicted molar refractivity (Wildman–Crippen MR) is 233 cm³/mol. The minimum Gasteiger partial charge on any atom is -0.381 e. The third kappa shape index (κ3) is 4.24. The molecule has 0 unspecified atom stereocenters. The molecule has 0 radical (unpaired) electrons. The lowest BCUT2D eigenvalue weighted by Gasteiger charge is -2.24. The van der Waals surface area contributed by atoms with Crippen LogP contribution in [0.3, 0.4) is 0 Å². The fourth-order valence-corrected chi connectivity index (χ4v) is 12.4. The summed E-state index contributed by atoms with van der Waals surface area (Å²) in [5.74, 6) is 0. The molecule has 5 heteroatoms. The largest absolute Gasteiger partial charge is 0.381 e. The predicted octanol–water partition coefficient (Wildman–Crippen LogP) is 11.7. The molecule has 0 aromatic heterocycles. The molecular weight excluding hydrogens is 717 g/mol. The molecule has 0 amide bonds. The summed E-state index contributed by atoms with van der Waals surface area (Å²) in [5.41, 5.74) is 20.8. The van der Waals surface area contributed by atoms with E-state index in [0.717, 1.165) is 92.2 Å². The Hall–Kier alpha value is -6.69. The molecule has 8 aromatic carbocycles. The van der Waals surface area contributed by atoms with Crippen molar-refractivity contribution in [2.45, 2.75) is 22.6 Å². The zero-order valence-corrected chi connectivity index (χ0v) is 31.7. The van der Waals surface area contributed by atoms with Crippen molar-refractivity contribution in [3.63, 3.8) is 0 Å². The molecule has 3 heterocycles. The van der Waals surface area contributed by atoms with Gasteiger partial charge in [0, 0.05) is 46.7 Å². The van der Waals surface area contributed by atoms with Crippen molar-refractivity contribution >= 4 is 53.9 Å². The zero-order chi connectivity index (χ0) is 37.6. The van der Waals surface area contributed by atoms with Crippen molar-refractivity contribution in [2.75, 3.05) is 23.7 Å². The third-order valence-corrected chi connectivity index (χ3v) is 15.0. The number of hydrogen-bond acceptors (Lipinski definition) is 4. The van der Waals surface area contributed by atoms with Gasteiger partial charge in [-0.2, -0.15) is 0 Å². The smallest absolute Gasteiger partial charge is 0.207 e. The number of benzene rings is 8. The number of fused-ring (bicyclic) bond motifs is 15. The third-order valence-electron chi connectivity index (χ3n) is 13.1. The van der Waals surface area contributed by atoms with Crippen molar-refractivity contribution in [2.24, 2.45) is 0 Å². The van der Waals surface area contributed by atoms with Gasteiger partial charge in [-0.15, -0.1) is 0 Å². The van der Waals surface area contributed by atoms with E-state index in [9.17, 15) is 8.42 Å². The molecule has 2 aliphatic carbocycles. The molecule has 0 fully saturated rings. The Balaban J connectivity index is 0.959. The number of hydrogen-bond donors (Lipinski definition) is 2. The minimum atomic E-state index is -3.82. The van der Waals surface area contributed by atoms with Gasteiger partial charge in [-0.25, -0.2) is 8.42 Å². The molecular formula is C52H34N2O2S. The van der Waals surface area contributed by atoms with E-state index in [4.69, 9.17) is 0 Å². The van der Waals surface area contributed by atoms with Crippen LogP contribution in [0.25, 0.3) is 66.1 Å². The molecule has 0 saturated carbocycles. The number of nitrogens with one attached hydrogen (secondary N) is 2. The van der Waals surface area contributed by atoms with Gasteiger partial charge in [-0.05, 0) is 125 Å². The summed E-state index contributed by atoms with van der Waals surface area (Å²) in [6, 6.07) is 51.1. The van der Waals surface area contributed by atoms with Gasteiger partial charge in [0.05, 0.1) is 9.79 Å². The van der Waals surface area contributed by atoms with Gasteiger partial charge in [-0.1, -0.05) is 121 Å². The fourth-order valence-electron chi connectivity index (χ4n) is 10.6. The fraction of sp³-hybridized carbons (Fsp3) is 0.0769. The Morgan fingerprint density at radius 2 is 0.877 bits per heavy atom. The molecule has 57 heavy (non-hydrogen) atoms. The van der Waals surface area contributed by atoms with E-state index in [0.29, 0.717) is 9.79 Å². The van der Waals surface area contributed by atoms with Crippen molar-refractivity contribution < 1.29 is 8.42 Å². The van der Waals surface area contributed by atoms with Crippen LogP contribution in [0.4, 0.5) is 11.4 Å². The Morgan fingerprint density at radius 3 is 1.37 bits per heavy atom. The molecule has 0 saturated heterocycles. The topological polar surface area (TPSA) is 58.2 Å². The summed E-state index contributed by atoms with van der Waals surface area (Å²) in [5, 5.41) is 12.0. The molecule has 8 aromatic rings. The van der Waals surface area contributed by atoms with Gasteiger partial charge < -0.3 is 10.6 Å². The summed E-state index contributed by atoms with van der Waals surface area (Å²) in [6.45, 7) is 1.65. The molecule has 13 rings (SSSR count). The average molecular weight is 751 g/mol. The van der Waals surface area contributed by atoms with E-state index < -0.39 is 9.84 Å². The maximum atomic E-state index is 14.8. The van der Waals surface area contributed by atoms with Crippen molar-refractivity contribution in [3.05, 3.63) is 190 Å². The van der Waals surface area contributed by atoms with E-state index in [2.05, 4.69) is 132 Å². The molecule has 5 aliphatic rings. The monoisotopic (exact) mass is 750 g/mol. The van der Waals surface area contributed by atoms with Gasteiger partial charge in [-0.3, -0.25) is 0 Å². The number of rotatable bonds is 2. The van der Waals surface area contributed by atoms with Crippen molar-refractivity contribution in [3.8, 4) is 33.4 Å². The van der Waals surface area contributed by atoms with Crippen LogP contribution < -0.4 is 10.6 Å². The first-order valence-corrected chi connectivity index (χ1v) is 21.2. The number of sulfone groups is 1. The normalized spacial score (nSPS) is 16.2. The van der Waals surface area contributed by atoms with Gasteiger partial charge >= 0.3 is 0 Å². The SMILES string of the molecule is O=S1(=O)c2cc(-c3cccc4ccc5c(c34)C3=C(CN5)Cc4ccccc43)ccc2-c2ccc(-c3cccc4ccc5c(c34)C3=C(CN5)Cc4ccccc43)cc21. The standard InChI is InChI=1S/C52H34N2O2S/c55-57(56)45-25-33(39-13-5-9-29-17-21-43-51(47(29)39)49-35(27-53-43)23-31-7-1-3-11-37(31)49)15-19-41(45)42-20-16-34(26-46(42)57)40-14-6-10-30-18-22-44-52(48(30)40)50-36(28-54-44)24-32-8-2-4-12-38(32)50/h1-22,25-26,53-54H,23-24,27-28H2. The Kier molecular flexibility index (Phi) is 6.20. The van der Waals surface area contributed by atoms with E-state index in [1.165, 1.54) is 55.7 Å². The first kappa shape index (κ1) is 31.5. The van der Waals surface area contributed by atoms with Gasteiger partial charge in [0.15, 0.2) is 0 Å². The maximum Gasteiger partial charge on any atom is 0.207 e. The maximum absolute atomic E-state index is 14.8. The van der Waals surface area contributed by atoms with Gasteiger partial charge in [0.25, 0.3) is 0 Å². The van der Waals surface area contributed by atoms with Crippen LogP contribution in [0.2, 0.25) is 0 Å². The average Bonchev–Trinajstić information content (AvgIpc) is 3.90. The van der Waals surface area contributed by atoms with Crippen molar-refractivity contribution in [1.29, 1.82) is 0 Å². The first-order chi connectivity index (χ1) is 28.0. The second-order valence-corrected chi connectivity index (χ2v) is 17.9. The molecule has 0 bridgehead atoms. The van der Waals surface area contributed by atoms with E-state index >= 15 is 0 Å². The highest BCUT2D eigenvalue weighted by Crippen LogP contribution is 2.52. The van der Waals surface area contributed by atoms with Crippen LogP contribution in [0.5, 0.6) is 0 Å². The summed E-state index contributed by atoms with van der Waals surface area (Å²) in [6.07, 6.45) is 1.89. The molecule has 270 valence electrons. The second-order valence-electron chi connectivity index (χ2n) is 16.0. The molecule has 0 spiro atoms. The van der Waals surface area contributed by atoms with Gasteiger partial charge in [0.1, 0.15) is 0 Å². The van der Waals surface area contributed by atoms with E-state index in [-0.39, 0.29) is 0 Å². The summed E-state index contributed by atoms with van der Waals surface area (Å²) in [4.78, 5) is 0.741. The van der Waals surface area contributed by atoms with Crippen LogP contribution in [-0.4, -0.2) is 21.5 Å². The lowest BCUT2D eigenvalue weighted by Crippen LogP contribution is -2.13. The van der Waals surface area contributed by atoms with Crippen LogP contribution in [-0.2, 0) is 22.7 Å². The first-order valence-electron chi connectivity index (χ1n) is 19.8. The van der Waals surface area contributed by atoms with Crippen LogP contribution in [0.15, 0.2) is 167 Å². The quantitative estimate of drug-likeness (QED) is 0.185. The highest BCUT2D eigenvalue weighted by atomic mass is 32.2. The van der Waals surface area contributed by atoms with Crippen LogP contribution >= 0.6 is 0 Å². The molecule has 4 nitrogen and oxygen atoms in total. The lowest BCUT2D eigenvalue weighted by atomic mass is 9.85. The highest BCUT2D eigenvalue weighted by molar-refractivity contribution is 7.92. The Bertz CT molecular complexity index is 3150. The Morgan fingerprint density at radius 1 is 0.421 bits per heavy atom. The Labute approximate surface area is 330 Å². The van der Waals surface area contributed by atoms with E-state index in [1.54, 1.807) is 0 Å². The summed E-state index contributed by atoms with van der Waals surface area (Å²) < 4.78 is 29.5.